The van der Waals surface area contributed by atoms with Crippen LogP contribution in [-0.4, -0.2) is 30.1 Å². The molecule has 1 aliphatic rings. The summed E-state index contributed by atoms with van der Waals surface area (Å²) < 4.78 is 0. The normalized spacial score (nSPS) is 25.5. The number of hydrogen-bond donors (Lipinski definition) is 1. The Morgan fingerprint density at radius 1 is 1.29 bits per heavy atom. The molecule has 1 heterocycles. The van der Waals surface area contributed by atoms with Crippen LogP contribution in [0.1, 0.15) is 25.0 Å². The topological polar surface area (TPSA) is 39.1 Å². The highest BCUT2D eigenvalue weighted by Gasteiger charge is 2.21. The molecule has 0 aromatic heterocycles. The van der Waals surface area contributed by atoms with E-state index < -0.39 is 0 Å². The lowest BCUT2D eigenvalue weighted by atomic mass is 10.1. The van der Waals surface area contributed by atoms with Gasteiger partial charge in [-0.05, 0) is 25.5 Å². The number of nitrogens with one attached hydrogen (secondary N) is 1. The molecule has 2 atom stereocenters. The Labute approximate surface area is 103 Å². The van der Waals surface area contributed by atoms with Crippen LogP contribution in [0.25, 0.3) is 0 Å². The third-order valence-corrected chi connectivity index (χ3v) is 3.16. The molecular formula is C14H19N3. The number of nitriles is 1. The molecule has 17 heavy (non-hydrogen) atoms. The molecular weight excluding hydrogens is 210 g/mol. The lowest BCUT2D eigenvalue weighted by Crippen LogP contribution is -2.53. The van der Waals surface area contributed by atoms with Gasteiger partial charge in [0.05, 0.1) is 11.6 Å². The molecule has 1 aliphatic heterocycles. The Hall–Kier alpha value is -1.37. The summed E-state index contributed by atoms with van der Waals surface area (Å²) in [5.41, 5.74) is 1.93. The first-order valence-corrected chi connectivity index (χ1v) is 6.15. The fourth-order valence-electron chi connectivity index (χ4n) is 2.58. The summed E-state index contributed by atoms with van der Waals surface area (Å²) in [6.07, 6.45) is 0. The van der Waals surface area contributed by atoms with Gasteiger partial charge < -0.3 is 5.32 Å². The van der Waals surface area contributed by atoms with Gasteiger partial charge in [0, 0.05) is 31.7 Å². The van der Waals surface area contributed by atoms with Gasteiger partial charge in [-0.1, -0.05) is 18.2 Å². The van der Waals surface area contributed by atoms with Gasteiger partial charge in [0.2, 0.25) is 0 Å². The summed E-state index contributed by atoms with van der Waals surface area (Å²) in [7, 11) is 0. The van der Waals surface area contributed by atoms with E-state index in [-0.39, 0.29) is 0 Å². The maximum Gasteiger partial charge on any atom is 0.0995 e. The zero-order valence-electron chi connectivity index (χ0n) is 10.5. The highest BCUT2D eigenvalue weighted by Crippen LogP contribution is 2.13. The van der Waals surface area contributed by atoms with Crippen molar-refractivity contribution < 1.29 is 0 Å². The van der Waals surface area contributed by atoms with Crippen LogP contribution in [0.4, 0.5) is 0 Å². The van der Waals surface area contributed by atoms with E-state index in [1.807, 2.05) is 18.2 Å². The summed E-state index contributed by atoms with van der Waals surface area (Å²) in [5, 5.41) is 12.6. The van der Waals surface area contributed by atoms with Crippen LogP contribution in [0, 0.1) is 11.3 Å². The van der Waals surface area contributed by atoms with Crippen molar-refractivity contribution >= 4 is 0 Å². The highest BCUT2D eigenvalue weighted by molar-refractivity contribution is 5.37. The minimum atomic E-state index is 0.521. The summed E-state index contributed by atoms with van der Waals surface area (Å²) in [4.78, 5) is 2.42. The monoisotopic (exact) mass is 229 g/mol. The third-order valence-electron chi connectivity index (χ3n) is 3.16. The second-order valence-corrected chi connectivity index (χ2v) is 4.93. The quantitative estimate of drug-likeness (QED) is 0.839. The van der Waals surface area contributed by atoms with E-state index in [4.69, 9.17) is 5.26 Å². The Morgan fingerprint density at radius 2 is 1.94 bits per heavy atom. The fourth-order valence-corrected chi connectivity index (χ4v) is 2.58. The van der Waals surface area contributed by atoms with Crippen molar-refractivity contribution in [3.05, 3.63) is 35.4 Å². The first-order chi connectivity index (χ1) is 8.19. The van der Waals surface area contributed by atoms with E-state index in [1.165, 1.54) is 0 Å². The molecule has 0 radical (unpaired) electrons. The van der Waals surface area contributed by atoms with Crippen LogP contribution >= 0.6 is 0 Å². The standard InChI is InChI=1S/C14H19N3/c1-11-8-17(9-12(2)16-11)10-14-6-4-3-5-13(14)7-15/h3-6,11-12,16H,8-10H2,1-2H3. The van der Waals surface area contributed by atoms with Crippen LogP contribution in [-0.2, 0) is 6.54 Å². The average Bonchev–Trinajstić information content (AvgIpc) is 2.28. The predicted molar refractivity (Wildman–Crippen MR) is 68.5 cm³/mol. The molecule has 0 aliphatic carbocycles. The number of benzene rings is 1. The molecule has 1 N–H and O–H groups in total. The van der Waals surface area contributed by atoms with Gasteiger partial charge in [0.25, 0.3) is 0 Å². The van der Waals surface area contributed by atoms with Crippen molar-refractivity contribution in [2.75, 3.05) is 13.1 Å². The fraction of sp³-hybridized carbons (Fsp3) is 0.500. The van der Waals surface area contributed by atoms with Crippen LogP contribution in [0.3, 0.4) is 0 Å². The van der Waals surface area contributed by atoms with Gasteiger partial charge >= 0.3 is 0 Å². The zero-order chi connectivity index (χ0) is 12.3. The highest BCUT2D eigenvalue weighted by atomic mass is 15.2. The molecule has 1 fully saturated rings. The molecule has 2 unspecified atom stereocenters. The minimum absolute atomic E-state index is 0.521. The van der Waals surface area contributed by atoms with Crippen LogP contribution in [0.2, 0.25) is 0 Å². The second-order valence-electron chi connectivity index (χ2n) is 4.93. The van der Waals surface area contributed by atoms with Gasteiger partial charge in [-0.3, -0.25) is 4.90 Å². The molecule has 2 rings (SSSR count). The van der Waals surface area contributed by atoms with E-state index >= 15 is 0 Å². The van der Waals surface area contributed by atoms with Gasteiger partial charge in [-0.25, -0.2) is 0 Å². The van der Waals surface area contributed by atoms with Crippen molar-refractivity contribution in [2.45, 2.75) is 32.5 Å². The summed E-state index contributed by atoms with van der Waals surface area (Å²) in [6, 6.07) is 11.2. The van der Waals surface area contributed by atoms with Crippen LogP contribution in [0.5, 0.6) is 0 Å². The molecule has 1 saturated heterocycles. The first-order valence-electron chi connectivity index (χ1n) is 6.15. The van der Waals surface area contributed by atoms with E-state index in [9.17, 15) is 0 Å². The summed E-state index contributed by atoms with van der Waals surface area (Å²) >= 11 is 0. The van der Waals surface area contributed by atoms with Crippen LogP contribution in [0.15, 0.2) is 24.3 Å². The van der Waals surface area contributed by atoms with E-state index in [0.717, 1.165) is 30.8 Å². The maximum atomic E-state index is 9.07. The maximum absolute atomic E-state index is 9.07. The van der Waals surface area contributed by atoms with Gasteiger partial charge in [0.15, 0.2) is 0 Å². The Morgan fingerprint density at radius 3 is 2.59 bits per heavy atom. The molecule has 3 nitrogen and oxygen atoms in total. The lowest BCUT2D eigenvalue weighted by molar-refractivity contribution is 0.166. The van der Waals surface area contributed by atoms with Gasteiger partial charge in [-0.15, -0.1) is 0 Å². The van der Waals surface area contributed by atoms with Crippen molar-refractivity contribution in [1.29, 1.82) is 5.26 Å². The smallest absolute Gasteiger partial charge is 0.0995 e. The summed E-state index contributed by atoms with van der Waals surface area (Å²) in [6.45, 7) is 7.38. The van der Waals surface area contributed by atoms with Crippen molar-refractivity contribution in [3.8, 4) is 6.07 Å². The minimum Gasteiger partial charge on any atom is -0.309 e. The van der Waals surface area contributed by atoms with Crippen molar-refractivity contribution in [3.63, 3.8) is 0 Å². The molecule has 0 spiro atoms. The van der Waals surface area contributed by atoms with Crippen LogP contribution < -0.4 is 5.32 Å². The Kier molecular flexibility index (Phi) is 3.78. The Bertz CT molecular complexity index is 412. The molecule has 90 valence electrons. The molecule has 3 heteroatoms. The van der Waals surface area contributed by atoms with E-state index in [0.29, 0.717) is 12.1 Å². The number of rotatable bonds is 2. The zero-order valence-corrected chi connectivity index (χ0v) is 10.5. The SMILES string of the molecule is CC1CN(Cc2ccccc2C#N)CC(C)N1. The van der Waals surface area contributed by atoms with E-state index in [2.05, 4.69) is 36.2 Å². The van der Waals surface area contributed by atoms with Crippen molar-refractivity contribution in [1.82, 2.24) is 10.2 Å². The molecule has 0 bridgehead atoms. The second kappa shape index (κ2) is 5.31. The summed E-state index contributed by atoms with van der Waals surface area (Å²) in [5.74, 6) is 0. The number of nitrogens with zero attached hydrogens (tertiary/aromatic N) is 2. The third kappa shape index (κ3) is 3.06. The van der Waals surface area contributed by atoms with Gasteiger partial charge in [-0.2, -0.15) is 5.26 Å². The number of piperazine rings is 1. The molecule has 0 saturated carbocycles. The van der Waals surface area contributed by atoms with E-state index in [1.54, 1.807) is 0 Å². The molecule has 1 aromatic rings. The number of hydrogen-bond acceptors (Lipinski definition) is 3. The Balaban J connectivity index is 2.08. The lowest BCUT2D eigenvalue weighted by Gasteiger charge is -2.36. The largest absolute Gasteiger partial charge is 0.309 e. The van der Waals surface area contributed by atoms with Crippen molar-refractivity contribution in [2.24, 2.45) is 0 Å². The molecule has 0 amide bonds. The van der Waals surface area contributed by atoms with Gasteiger partial charge in [0.1, 0.15) is 0 Å². The predicted octanol–water partition coefficient (Wildman–Crippen LogP) is 1.74. The molecule has 1 aromatic carbocycles. The average molecular weight is 229 g/mol. The first kappa shape index (κ1) is 12.1.